The highest BCUT2D eigenvalue weighted by Gasteiger charge is 2.32. The second kappa shape index (κ2) is 8.04. The van der Waals surface area contributed by atoms with E-state index < -0.39 is 0 Å². The minimum absolute atomic E-state index is 0.607. The topological polar surface area (TPSA) is 15.3 Å². The van der Waals surface area contributed by atoms with Crippen LogP contribution in [0.1, 0.15) is 29.9 Å². The van der Waals surface area contributed by atoms with E-state index >= 15 is 0 Å². The van der Waals surface area contributed by atoms with Crippen molar-refractivity contribution in [1.29, 1.82) is 0 Å². The number of nitrogens with one attached hydrogen (secondary N) is 1. The molecule has 136 valence electrons. The van der Waals surface area contributed by atoms with Gasteiger partial charge in [0, 0.05) is 34.7 Å². The van der Waals surface area contributed by atoms with E-state index in [2.05, 4.69) is 46.6 Å². The van der Waals surface area contributed by atoms with Crippen LogP contribution in [0, 0.1) is 5.92 Å². The first kappa shape index (κ1) is 17.9. The van der Waals surface area contributed by atoms with Crippen LogP contribution in [0.5, 0.6) is 0 Å². The molecule has 0 saturated carbocycles. The lowest BCUT2D eigenvalue weighted by Gasteiger charge is -2.34. The molecule has 2 aliphatic heterocycles. The monoisotopic (exact) mass is 386 g/mol. The summed E-state index contributed by atoms with van der Waals surface area (Å²) in [6.45, 7) is 4.40. The van der Waals surface area contributed by atoms with Gasteiger partial charge >= 0.3 is 0 Å². The van der Waals surface area contributed by atoms with Gasteiger partial charge in [0.05, 0.1) is 0 Å². The van der Waals surface area contributed by atoms with Crippen molar-refractivity contribution in [1.82, 2.24) is 4.90 Å². The lowest BCUT2D eigenvalue weighted by molar-refractivity contribution is 0.186. The second-order valence-corrected chi connectivity index (χ2v) is 8.18. The van der Waals surface area contributed by atoms with Crippen LogP contribution in [0.3, 0.4) is 0 Å². The number of likely N-dealkylation sites (tertiary alicyclic amines) is 1. The SMILES string of the molecule is Clc1ccc(/C=C/CN2CCC(C3CNc4ccc(Cl)cc43)CC2)cc1. The summed E-state index contributed by atoms with van der Waals surface area (Å²) in [5.74, 6) is 1.36. The first-order valence-corrected chi connectivity index (χ1v) is 10.1. The van der Waals surface area contributed by atoms with Gasteiger partial charge in [0.15, 0.2) is 0 Å². The molecule has 0 aliphatic carbocycles. The predicted octanol–water partition coefficient (Wildman–Crippen LogP) is 5.93. The molecule has 1 unspecified atom stereocenters. The molecule has 2 aromatic carbocycles. The van der Waals surface area contributed by atoms with E-state index in [4.69, 9.17) is 23.2 Å². The smallest absolute Gasteiger partial charge is 0.0410 e. The van der Waals surface area contributed by atoms with Crippen LogP contribution >= 0.6 is 23.2 Å². The maximum absolute atomic E-state index is 6.22. The van der Waals surface area contributed by atoms with Gasteiger partial charge in [-0.25, -0.2) is 0 Å². The van der Waals surface area contributed by atoms with Gasteiger partial charge in [-0.15, -0.1) is 0 Å². The van der Waals surface area contributed by atoms with Crippen LogP contribution in [-0.2, 0) is 0 Å². The minimum Gasteiger partial charge on any atom is -0.384 e. The highest BCUT2D eigenvalue weighted by Crippen LogP contribution is 2.41. The van der Waals surface area contributed by atoms with Gasteiger partial charge in [-0.1, -0.05) is 47.5 Å². The predicted molar refractivity (Wildman–Crippen MR) is 112 cm³/mol. The molecule has 1 saturated heterocycles. The van der Waals surface area contributed by atoms with Crippen molar-refractivity contribution in [2.24, 2.45) is 5.92 Å². The molecule has 0 bridgehead atoms. The summed E-state index contributed by atoms with van der Waals surface area (Å²) in [4.78, 5) is 2.55. The first-order chi connectivity index (χ1) is 12.7. The standard InChI is InChI=1S/C22H24Cl2N2/c23-18-5-3-16(4-6-18)2-1-11-26-12-9-17(10-13-26)21-15-25-22-8-7-19(24)14-20(21)22/h1-8,14,17,21,25H,9-13,15H2/b2-1+. The summed E-state index contributed by atoms with van der Waals surface area (Å²) in [6, 6.07) is 14.2. The van der Waals surface area contributed by atoms with Crippen molar-refractivity contribution >= 4 is 35.0 Å². The molecule has 0 aromatic heterocycles. The number of halogens is 2. The number of fused-ring (bicyclic) bond motifs is 1. The van der Waals surface area contributed by atoms with E-state index in [1.807, 2.05) is 18.2 Å². The van der Waals surface area contributed by atoms with Crippen LogP contribution in [0.25, 0.3) is 6.08 Å². The molecule has 0 radical (unpaired) electrons. The van der Waals surface area contributed by atoms with Gasteiger partial charge in [0.25, 0.3) is 0 Å². The van der Waals surface area contributed by atoms with Crippen molar-refractivity contribution in [3.05, 3.63) is 69.7 Å². The zero-order valence-electron chi connectivity index (χ0n) is 14.8. The summed E-state index contributed by atoms with van der Waals surface area (Å²) in [5.41, 5.74) is 3.89. The fourth-order valence-corrected chi connectivity index (χ4v) is 4.51. The fraction of sp³-hybridized carbons (Fsp3) is 0.364. The fourth-order valence-electron chi connectivity index (χ4n) is 4.20. The average Bonchev–Trinajstić information content (AvgIpc) is 3.07. The van der Waals surface area contributed by atoms with Crippen molar-refractivity contribution in [2.75, 3.05) is 31.5 Å². The zero-order valence-corrected chi connectivity index (χ0v) is 16.3. The molecule has 2 aliphatic rings. The van der Waals surface area contributed by atoms with E-state index in [9.17, 15) is 0 Å². The molecular formula is C22H24Cl2N2. The van der Waals surface area contributed by atoms with E-state index in [1.165, 1.54) is 42.7 Å². The van der Waals surface area contributed by atoms with E-state index in [0.717, 1.165) is 29.1 Å². The number of nitrogens with zero attached hydrogens (tertiary/aromatic N) is 1. The molecule has 0 spiro atoms. The van der Waals surface area contributed by atoms with Crippen LogP contribution in [0.4, 0.5) is 5.69 Å². The molecule has 0 amide bonds. The van der Waals surface area contributed by atoms with Gasteiger partial charge in [0.2, 0.25) is 0 Å². The third kappa shape index (κ3) is 4.09. The maximum atomic E-state index is 6.22. The van der Waals surface area contributed by atoms with E-state index in [1.54, 1.807) is 0 Å². The normalized spacial score (nSPS) is 21.1. The van der Waals surface area contributed by atoms with Crippen molar-refractivity contribution in [2.45, 2.75) is 18.8 Å². The third-order valence-electron chi connectivity index (χ3n) is 5.67. The van der Waals surface area contributed by atoms with E-state index in [0.29, 0.717) is 5.92 Å². The largest absolute Gasteiger partial charge is 0.384 e. The average molecular weight is 387 g/mol. The summed E-state index contributed by atoms with van der Waals surface area (Å²) < 4.78 is 0. The Hall–Kier alpha value is -1.48. The van der Waals surface area contributed by atoms with Gasteiger partial charge in [0.1, 0.15) is 0 Å². The van der Waals surface area contributed by atoms with Gasteiger partial charge in [-0.3, -0.25) is 4.90 Å². The highest BCUT2D eigenvalue weighted by molar-refractivity contribution is 6.31. The Morgan fingerprint density at radius 1 is 1.00 bits per heavy atom. The summed E-state index contributed by atoms with van der Waals surface area (Å²) in [7, 11) is 0. The molecular weight excluding hydrogens is 363 g/mol. The first-order valence-electron chi connectivity index (χ1n) is 9.37. The third-order valence-corrected chi connectivity index (χ3v) is 6.16. The Labute approximate surface area is 165 Å². The zero-order chi connectivity index (χ0) is 17.9. The van der Waals surface area contributed by atoms with Crippen molar-refractivity contribution in [3.63, 3.8) is 0 Å². The van der Waals surface area contributed by atoms with Crippen LogP contribution in [-0.4, -0.2) is 31.1 Å². The number of rotatable bonds is 4. The Kier molecular flexibility index (Phi) is 5.54. The molecule has 4 rings (SSSR count). The maximum Gasteiger partial charge on any atom is 0.0410 e. The molecule has 1 fully saturated rings. The van der Waals surface area contributed by atoms with Crippen LogP contribution in [0.2, 0.25) is 10.0 Å². The molecule has 4 heteroatoms. The molecule has 1 N–H and O–H groups in total. The number of hydrogen-bond donors (Lipinski definition) is 1. The van der Waals surface area contributed by atoms with Crippen molar-refractivity contribution in [3.8, 4) is 0 Å². The molecule has 2 aromatic rings. The van der Waals surface area contributed by atoms with Gasteiger partial charge in [-0.05, 0) is 73.3 Å². The lowest BCUT2D eigenvalue weighted by Crippen LogP contribution is -2.36. The van der Waals surface area contributed by atoms with Gasteiger partial charge < -0.3 is 5.32 Å². The second-order valence-electron chi connectivity index (χ2n) is 7.31. The number of benzene rings is 2. The molecule has 26 heavy (non-hydrogen) atoms. The number of piperidine rings is 1. The summed E-state index contributed by atoms with van der Waals surface area (Å²) >= 11 is 12.1. The Balaban J connectivity index is 1.30. The van der Waals surface area contributed by atoms with Crippen LogP contribution in [0.15, 0.2) is 48.5 Å². The van der Waals surface area contributed by atoms with E-state index in [-0.39, 0.29) is 0 Å². The summed E-state index contributed by atoms with van der Waals surface area (Å²) in [5, 5.41) is 5.18. The summed E-state index contributed by atoms with van der Waals surface area (Å²) in [6.07, 6.45) is 6.96. The Bertz CT molecular complexity index is 777. The lowest BCUT2D eigenvalue weighted by atomic mass is 9.81. The molecule has 2 nitrogen and oxygen atoms in total. The van der Waals surface area contributed by atoms with Crippen molar-refractivity contribution < 1.29 is 0 Å². The molecule has 1 atom stereocenters. The Morgan fingerprint density at radius 2 is 1.73 bits per heavy atom. The quantitative estimate of drug-likeness (QED) is 0.700. The highest BCUT2D eigenvalue weighted by atomic mass is 35.5. The van der Waals surface area contributed by atoms with Crippen LogP contribution < -0.4 is 5.32 Å². The number of hydrogen-bond acceptors (Lipinski definition) is 2. The molecule has 2 heterocycles. The van der Waals surface area contributed by atoms with Gasteiger partial charge in [-0.2, -0.15) is 0 Å². The minimum atomic E-state index is 0.607. The Morgan fingerprint density at radius 3 is 2.50 bits per heavy atom. The number of anilines is 1.